The second-order valence-corrected chi connectivity index (χ2v) is 15.2. The van der Waals surface area contributed by atoms with E-state index in [2.05, 4.69) is 16.0 Å². The number of benzene rings is 2. The summed E-state index contributed by atoms with van der Waals surface area (Å²) < 4.78 is 19.1. The Bertz CT molecular complexity index is 1550. The average molecular weight is 712 g/mol. The lowest BCUT2D eigenvalue weighted by molar-refractivity contribution is -0.141. The van der Waals surface area contributed by atoms with Crippen LogP contribution in [0.5, 0.6) is 5.75 Å². The van der Waals surface area contributed by atoms with Gasteiger partial charge in [-0.05, 0) is 80.3 Å². The number of halogens is 1. The summed E-state index contributed by atoms with van der Waals surface area (Å²) in [6.45, 7) is 11.4. The van der Waals surface area contributed by atoms with Gasteiger partial charge in [-0.15, -0.1) is 0 Å². The number of nitrogens with one attached hydrogen (secondary N) is 3. The highest BCUT2D eigenvalue weighted by Crippen LogP contribution is 2.31. The van der Waals surface area contributed by atoms with E-state index < -0.39 is 58.8 Å². The summed E-state index contributed by atoms with van der Waals surface area (Å²) >= 11 is 0. The largest absolute Gasteiger partial charge is 0.508 e. The van der Waals surface area contributed by atoms with Gasteiger partial charge in [-0.1, -0.05) is 45.0 Å². The van der Waals surface area contributed by atoms with E-state index in [0.717, 1.165) is 0 Å². The van der Waals surface area contributed by atoms with Gasteiger partial charge < -0.3 is 35.6 Å². The topological polar surface area (TPSA) is 157 Å². The highest BCUT2D eigenvalue weighted by molar-refractivity contribution is 5.94. The number of carbonyl (C=O) groups is 5. The number of phenols is 1. The van der Waals surface area contributed by atoms with Gasteiger partial charge in [0.25, 0.3) is 0 Å². The highest BCUT2D eigenvalue weighted by atomic mass is 19.1. The van der Waals surface area contributed by atoms with Crippen LogP contribution in [0.2, 0.25) is 0 Å². The second-order valence-electron chi connectivity index (χ2n) is 15.2. The quantitative estimate of drug-likeness (QED) is 0.339. The van der Waals surface area contributed by atoms with E-state index in [1.54, 1.807) is 50.9 Å². The Morgan fingerprint density at radius 3 is 2.29 bits per heavy atom. The number of hydrogen-bond acceptors (Lipinski definition) is 7. The van der Waals surface area contributed by atoms with Crippen molar-refractivity contribution in [3.8, 4) is 5.75 Å². The van der Waals surface area contributed by atoms with Crippen molar-refractivity contribution in [1.29, 1.82) is 0 Å². The summed E-state index contributed by atoms with van der Waals surface area (Å²) in [5.74, 6) is -2.14. The first-order valence-electron chi connectivity index (χ1n) is 17.4. The fourth-order valence-corrected chi connectivity index (χ4v) is 5.85. The number of aromatic hydroxyl groups is 1. The third-order valence-electron chi connectivity index (χ3n) is 8.69. The molecule has 12 nitrogen and oxygen atoms in total. The molecule has 3 atom stereocenters. The Balaban J connectivity index is 1.97. The molecule has 1 aliphatic rings. The molecule has 1 aliphatic heterocycles. The Morgan fingerprint density at radius 2 is 1.67 bits per heavy atom. The first kappa shape index (κ1) is 40.7. The van der Waals surface area contributed by atoms with Crippen LogP contribution in [0.3, 0.4) is 0 Å². The predicted octanol–water partition coefficient (Wildman–Crippen LogP) is 3.97. The molecule has 1 fully saturated rings. The van der Waals surface area contributed by atoms with Crippen molar-refractivity contribution in [2.24, 2.45) is 0 Å². The van der Waals surface area contributed by atoms with Crippen LogP contribution in [0.1, 0.15) is 83.9 Å². The van der Waals surface area contributed by atoms with Gasteiger partial charge in [0.2, 0.25) is 23.6 Å². The maximum Gasteiger partial charge on any atom is 0.408 e. The van der Waals surface area contributed by atoms with E-state index in [4.69, 9.17) is 4.74 Å². The molecule has 5 amide bonds. The zero-order valence-corrected chi connectivity index (χ0v) is 31.1. The van der Waals surface area contributed by atoms with Gasteiger partial charge in [0.15, 0.2) is 0 Å². The Kier molecular flexibility index (Phi) is 14.0. The summed E-state index contributed by atoms with van der Waals surface area (Å²) in [6, 6.07) is 7.26. The minimum atomic E-state index is -1.17. The number of amides is 5. The number of ether oxygens (including phenoxy) is 1. The summed E-state index contributed by atoms with van der Waals surface area (Å²) in [7, 11) is 3.14. The van der Waals surface area contributed by atoms with Crippen molar-refractivity contribution in [2.45, 2.75) is 109 Å². The third kappa shape index (κ3) is 12.6. The molecule has 280 valence electrons. The van der Waals surface area contributed by atoms with Crippen molar-refractivity contribution < 1.29 is 38.2 Å². The molecule has 0 aliphatic carbocycles. The van der Waals surface area contributed by atoms with Crippen LogP contribution in [0.15, 0.2) is 42.5 Å². The van der Waals surface area contributed by atoms with Crippen molar-refractivity contribution in [3.63, 3.8) is 0 Å². The van der Waals surface area contributed by atoms with Crippen molar-refractivity contribution >= 4 is 29.7 Å². The van der Waals surface area contributed by atoms with Crippen LogP contribution < -0.4 is 16.0 Å². The van der Waals surface area contributed by atoms with E-state index in [9.17, 15) is 33.5 Å². The molecule has 0 aromatic heterocycles. The molecule has 1 heterocycles. The first-order chi connectivity index (χ1) is 23.7. The van der Waals surface area contributed by atoms with E-state index in [0.29, 0.717) is 36.1 Å². The van der Waals surface area contributed by atoms with Crippen LogP contribution in [-0.4, -0.2) is 95.5 Å². The fraction of sp³-hybridized carbons (Fsp3) is 0.553. The molecule has 0 bridgehead atoms. The standard InChI is InChI=1S/C38H54FN5O7/c1-37(2,3)27-21-25(14-17-31(27)45)23-28-33(47)40-19-18-32(46)43(7)20-10-9-11-30(34(48)41-28)44(8)35(49)29(42-36(50)51-38(4,5)6)22-24-12-15-26(39)16-13-24/h12-17,21,28-30,45H,9-11,18-20,22-23H2,1-8H3,(H,40,47)(H,41,48)(H,42,50)/t28?,29-,30-/m0/s1. The average Bonchev–Trinajstić information content (AvgIpc) is 3.03. The number of hydrogen-bond donors (Lipinski definition) is 4. The zero-order valence-electron chi connectivity index (χ0n) is 31.1. The maximum atomic E-state index is 14.2. The number of rotatable bonds is 7. The molecule has 0 spiro atoms. The van der Waals surface area contributed by atoms with Gasteiger partial charge in [0, 0.05) is 46.4 Å². The van der Waals surface area contributed by atoms with Gasteiger partial charge >= 0.3 is 6.09 Å². The summed E-state index contributed by atoms with van der Waals surface area (Å²) in [6.07, 6.45) is 0.559. The Hall–Kier alpha value is -4.68. The Morgan fingerprint density at radius 1 is 1.02 bits per heavy atom. The SMILES string of the molecule is CN1CCCC[C@H](N(C)C(=O)[C@H](Cc2ccc(F)cc2)NC(=O)OC(C)(C)C)C(=O)NC(Cc2ccc(O)c(C(C)(C)C)c2)C(=O)NCCC1=O. The molecule has 0 radical (unpaired) electrons. The van der Waals surface area contributed by atoms with Gasteiger partial charge in [0.05, 0.1) is 0 Å². The molecule has 51 heavy (non-hydrogen) atoms. The van der Waals surface area contributed by atoms with E-state index in [1.807, 2.05) is 20.8 Å². The number of likely N-dealkylation sites (N-methyl/N-ethyl adjacent to an activating group) is 1. The molecular weight excluding hydrogens is 657 g/mol. The van der Waals surface area contributed by atoms with Gasteiger partial charge in [-0.3, -0.25) is 19.2 Å². The highest BCUT2D eigenvalue weighted by Gasteiger charge is 2.35. The lowest BCUT2D eigenvalue weighted by Gasteiger charge is -2.33. The van der Waals surface area contributed by atoms with E-state index in [-0.39, 0.29) is 43.9 Å². The van der Waals surface area contributed by atoms with Gasteiger partial charge in [-0.2, -0.15) is 0 Å². The minimum Gasteiger partial charge on any atom is -0.508 e. The number of phenolic OH excluding ortho intramolecular Hbond substituents is 1. The van der Waals surface area contributed by atoms with E-state index >= 15 is 0 Å². The molecule has 3 rings (SSSR count). The van der Waals surface area contributed by atoms with Gasteiger partial charge in [0.1, 0.15) is 35.3 Å². The van der Waals surface area contributed by atoms with Crippen LogP contribution in [0.4, 0.5) is 9.18 Å². The minimum absolute atomic E-state index is 0.00800. The first-order valence-corrected chi connectivity index (χ1v) is 17.4. The molecular formula is C38H54FN5O7. The van der Waals surface area contributed by atoms with E-state index in [1.165, 1.54) is 36.2 Å². The number of nitrogens with zero attached hydrogens (tertiary/aromatic N) is 2. The predicted molar refractivity (Wildman–Crippen MR) is 191 cm³/mol. The molecule has 2 aromatic carbocycles. The van der Waals surface area contributed by atoms with Crippen LogP contribution in [0.25, 0.3) is 0 Å². The molecule has 4 N–H and O–H groups in total. The summed E-state index contributed by atoms with van der Waals surface area (Å²) in [4.78, 5) is 70.4. The molecule has 1 saturated heterocycles. The second kappa shape index (κ2) is 17.5. The molecule has 0 saturated carbocycles. The third-order valence-corrected chi connectivity index (χ3v) is 8.69. The zero-order chi connectivity index (χ0) is 38.1. The smallest absolute Gasteiger partial charge is 0.408 e. The fourth-order valence-electron chi connectivity index (χ4n) is 5.85. The normalized spacial score (nSPS) is 18.9. The lowest BCUT2D eigenvalue weighted by atomic mass is 9.84. The molecule has 13 heteroatoms. The Labute approximate surface area is 300 Å². The summed E-state index contributed by atoms with van der Waals surface area (Å²) in [5, 5.41) is 18.8. The van der Waals surface area contributed by atoms with Gasteiger partial charge in [-0.25, -0.2) is 9.18 Å². The van der Waals surface area contributed by atoms with Crippen molar-refractivity contribution in [3.05, 3.63) is 65.0 Å². The number of alkyl carbamates (subject to hydrolysis) is 1. The number of carbonyl (C=O) groups excluding carboxylic acids is 5. The van der Waals surface area contributed by atoms with Crippen LogP contribution in [-0.2, 0) is 42.2 Å². The van der Waals surface area contributed by atoms with Crippen LogP contribution in [0, 0.1) is 5.82 Å². The lowest BCUT2D eigenvalue weighted by Crippen LogP contribution is -2.58. The van der Waals surface area contributed by atoms with Crippen molar-refractivity contribution in [1.82, 2.24) is 25.8 Å². The maximum absolute atomic E-state index is 14.2. The van der Waals surface area contributed by atoms with Crippen molar-refractivity contribution in [2.75, 3.05) is 27.2 Å². The van der Waals surface area contributed by atoms with Crippen LogP contribution >= 0.6 is 0 Å². The molecule has 1 unspecified atom stereocenters. The molecule has 2 aromatic rings. The summed E-state index contributed by atoms with van der Waals surface area (Å²) in [5.41, 5.74) is 0.696. The monoisotopic (exact) mass is 711 g/mol.